The summed E-state index contributed by atoms with van der Waals surface area (Å²) in [4.78, 5) is 72.7. The first-order valence-electron chi connectivity index (χ1n) is 37.7. The molecule has 0 aliphatic rings. The quantitative estimate of drug-likeness (QED) is 0.0222. The molecule has 0 amide bonds. The molecule has 0 radical (unpaired) electrons. The van der Waals surface area contributed by atoms with Crippen LogP contribution in [0.25, 0.3) is 0 Å². The Bertz CT molecular complexity index is 1820. The molecular formula is C73H142O17P2. The molecule has 4 unspecified atom stereocenters. The molecule has 546 valence electrons. The Morgan fingerprint density at radius 1 is 0.304 bits per heavy atom. The third-order valence-electron chi connectivity index (χ3n) is 17.2. The van der Waals surface area contributed by atoms with Crippen molar-refractivity contribution in [2.24, 2.45) is 23.7 Å². The van der Waals surface area contributed by atoms with E-state index < -0.39 is 97.5 Å². The van der Waals surface area contributed by atoms with Crippen LogP contribution in [-0.4, -0.2) is 96.7 Å². The maximum absolute atomic E-state index is 13.0. The summed E-state index contributed by atoms with van der Waals surface area (Å²) >= 11 is 0. The van der Waals surface area contributed by atoms with Gasteiger partial charge in [-0.2, -0.15) is 0 Å². The summed E-state index contributed by atoms with van der Waals surface area (Å²) in [6.07, 6.45) is 45.8. The van der Waals surface area contributed by atoms with E-state index in [1.54, 1.807) is 0 Å². The Balaban J connectivity index is 5.24. The van der Waals surface area contributed by atoms with E-state index in [1.165, 1.54) is 161 Å². The fourth-order valence-corrected chi connectivity index (χ4v) is 12.6. The first-order valence-corrected chi connectivity index (χ1v) is 40.7. The average Bonchev–Trinajstić information content (AvgIpc) is 1.87. The third kappa shape index (κ3) is 65.4. The van der Waals surface area contributed by atoms with E-state index in [9.17, 15) is 43.2 Å². The van der Waals surface area contributed by atoms with Gasteiger partial charge in [-0.1, -0.05) is 312 Å². The summed E-state index contributed by atoms with van der Waals surface area (Å²) in [6.45, 7) is 14.1. The lowest BCUT2D eigenvalue weighted by molar-refractivity contribution is -0.161. The number of carbonyl (C=O) groups excluding carboxylic acids is 4. The number of aliphatic hydroxyl groups excluding tert-OH is 1. The molecule has 0 aromatic carbocycles. The number of phosphoric ester groups is 2. The largest absolute Gasteiger partial charge is 0.472 e. The highest BCUT2D eigenvalue weighted by molar-refractivity contribution is 7.47. The molecular weight excluding hydrogens is 1210 g/mol. The van der Waals surface area contributed by atoms with Crippen molar-refractivity contribution < 1.29 is 80.2 Å². The Morgan fingerprint density at radius 3 is 0.772 bits per heavy atom. The number of hydrogen-bond donors (Lipinski definition) is 3. The second-order valence-electron chi connectivity index (χ2n) is 28.0. The molecule has 0 aromatic heterocycles. The number of hydrogen-bond acceptors (Lipinski definition) is 15. The number of carbonyl (C=O) groups is 4. The standard InChI is InChI=1S/C73H142O17P2/c1-9-66(8)52-44-36-31-32-38-46-54-71(76)84-60-69(90-72(77)55-47-39-29-21-17-13-11-10-12-15-19-25-33-41-49-63(2)3)62-88-92(81,82)86-58-67(74)57-85-91(79,80)87-61-68(59-83-70(75)53-45-37-28-24-23-27-35-43-51-65(6)7)89-73(78)56-48-40-30-22-18-14-16-20-26-34-42-50-64(4)5/h63-69,74H,9-62H2,1-8H3,(H,79,80)(H,81,82)/t66?,67?,68-,69-/m1/s1. The molecule has 92 heavy (non-hydrogen) atoms. The summed E-state index contributed by atoms with van der Waals surface area (Å²) in [6, 6.07) is 0. The Hall–Kier alpha value is -1.94. The Morgan fingerprint density at radius 2 is 0.522 bits per heavy atom. The molecule has 3 N–H and O–H groups in total. The predicted molar refractivity (Wildman–Crippen MR) is 372 cm³/mol. The molecule has 0 spiro atoms. The Kier molecular flexibility index (Phi) is 61.3. The molecule has 0 aromatic rings. The van der Waals surface area contributed by atoms with Gasteiger partial charge in [-0.15, -0.1) is 0 Å². The first-order chi connectivity index (χ1) is 44.1. The molecule has 17 nitrogen and oxygen atoms in total. The number of esters is 4. The van der Waals surface area contributed by atoms with Gasteiger partial charge in [-0.3, -0.25) is 37.3 Å². The molecule has 0 fully saturated rings. The van der Waals surface area contributed by atoms with Crippen molar-refractivity contribution in [1.82, 2.24) is 0 Å². The SMILES string of the molecule is CCC(C)CCCCCCCCC(=O)OC[C@H](COP(=O)(O)OCC(O)COP(=O)(O)OC[C@@H](COC(=O)CCCCCCCCCCC(C)C)OC(=O)CCCCCCCCCCCCCC(C)C)OC(=O)CCCCCCCCCCCCCCCCC(C)C. The highest BCUT2D eigenvalue weighted by atomic mass is 31.2. The highest BCUT2D eigenvalue weighted by Crippen LogP contribution is 2.45. The summed E-state index contributed by atoms with van der Waals surface area (Å²) in [5, 5.41) is 10.6. The molecule has 0 rings (SSSR count). The highest BCUT2D eigenvalue weighted by Gasteiger charge is 2.30. The van der Waals surface area contributed by atoms with Crippen LogP contribution in [0.15, 0.2) is 0 Å². The minimum Gasteiger partial charge on any atom is -0.462 e. The zero-order chi connectivity index (χ0) is 68.2. The van der Waals surface area contributed by atoms with E-state index in [0.29, 0.717) is 25.7 Å². The molecule has 0 aliphatic heterocycles. The molecule has 0 heterocycles. The number of phosphoric acid groups is 2. The van der Waals surface area contributed by atoms with Crippen LogP contribution in [0, 0.1) is 23.7 Å². The van der Waals surface area contributed by atoms with Gasteiger partial charge in [0.1, 0.15) is 19.3 Å². The van der Waals surface area contributed by atoms with Crippen molar-refractivity contribution in [3.8, 4) is 0 Å². The summed E-state index contributed by atoms with van der Waals surface area (Å²) in [7, 11) is -9.91. The summed E-state index contributed by atoms with van der Waals surface area (Å²) in [5.74, 6) is 0.891. The van der Waals surface area contributed by atoms with Crippen molar-refractivity contribution in [3.63, 3.8) is 0 Å². The van der Waals surface area contributed by atoms with Gasteiger partial charge in [-0.25, -0.2) is 9.13 Å². The van der Waals surface area contributed by atoms with E-state index in [4.69, 9.17) is 37.0 Å². The van der Waals surface area contributed by atoms with Gasteiger partial charge in [0.2, 0.25) is 0 Å². The number of aliphatic hydroxyl groups is 1. The fraction of sp³-hybridized carbons (Fsp3) is 0.945. The lowest BCUT2D eigenvalue weighted by Gasteiger charge is -2.21. The van der Waals surface area contributed by atoms with E-state index in [1.807, 2.05) is 0 Å². The third-order valence-corrected chi connectivity index (χ3v) is 19.1. The van der Waals surface area contributed by atoms with Crippen molar-refractivity contribution in [1.29, 1.82) is 0 Å². The van der Waals surface area contributed by atoms with Gasteiger partial charge in [0.25, 0.3) is 0 Å². The number of rotatable bonds is 70. The second-order valence-corrected chi connectivity index (χ2v) is 30.9. The van der Waals surface area contributed by atoms with E-state index in [-0.39, 0.29) is 25.7 Å². The van der Waals surface area contributed by atoms with Crippen LogP contribution in [0.1, 0.15) is 364 Å². The zero-order valence-corrected chi connectivity index (χ0v) is 62.0. The lowest BCUT2D eigenvalue weighted by Crippen LogP contribution is -2.30. The topological polar surface area (TPSA) is 237 Å². The van der Waals surface area contributed by atoms with Gasteiger partial charge in [0.15, 0.2) is 12.2 Å². The summed E-state index contributed by atoms with van der Waals surface area (Å²) in [5.41, 5.74) is 0. The monoisotopic (exact) mass is 1350 g/mol. The van der Waals surface area contributed by atoms with Crippen LogP contribution in [0.3, 0.4) is 0 Å². The van der Waals surface area contributed by atoms with Crippen LogP contribution in [0.5, 0.6) is 0 Å². The van der Waals surface area contributed by atoms with E-state index >= 15 is 0 Å². The van der Waals surface area contributed by atoms with Crippen LogP contribution in [-0.2, 0) is 65.4 Å². The molecule has 6 atom stereocenters. The average molecular weight is 1350 g/mol. The fourth-order valence-electron chi connectivity index (χ4n) is 11.0. The van der Waals surface area contributed by atoms with Crippen molar-refractivity contribution >= 4 is 39.5 Å². The van der Waals surface area contributed by atoms with Gasteiger partial charge in [-0.05, 0) is 49.4 Å². The van der Waals surface area contributed by atoms with Crippen LogP contribution >= 0.6 is 15.6 Å². The van der Waals surface area contributed by atoms with Crippen molar-refractivity contribution in [3.05, 3.63) is 0 Å². The van der Waals surface area contributed by atoms with Gasteiger partial charge < -0.3 is 33.8 Å². The van der Waals surface area contributed by atoms with Crippen LogP contribution in [0.4, 0.5) is 0 Å². The summed E-state index contributed by atoms with van der Waals surface area (Å²) < 4.78 is 68.4. The number of unbranched alkanes of at least 4 members (excludes halogenated alkanes) is 35. The maximum atomic E-state index is 13.0. The maximum Gasteiger partial charge on any atom is 0.472 e. The molecule has 19 heteroatoms. The molecule has 0 aliphatic carbocycles. The van der Waals surface area contributed by atoms with Gasteiger partial charge in [0, 0.05) is 25.7 Å². The lowest BCUT2D eigenvalue weighted by atomic mass is 10.00. The van der Waals surface area contributed by atoms with Crippen LogP contribution in [0.2, 0.25) is 0 Å². The minimum absolute atomic E-state index is 0.105. The predicted octanol–water partition coefficient (Wildman–Crippen LogP) is 20.9. The van der Waals surface area contributed by atoms with Gasteiger partial charge in [0.05, 0.1) is 26.4 Å². The zero-order valence-electron chi connectivity index (χ0n) is 60.2. The first kappa shape index (κ1) is 90.1. The smallest absolute Gasteiger partial charge is 0.462 e. The van der Waals surface area contributed by atoms with E-state index in [0.717, 1.165) is 120 Å². The molecule has 0 bridgehead atoms. The normalized spacial score (nSPS) is 14.5. The van der Waals surface area contributed by atoms with Crippen molar-refractivity contribution in [2.75, 3.05) is 39.6 Å². The number of ether oxygens (including phenoxy) is 4. The second kappa shape index (κ2) is 62.6. The molecule has 0 saturated carbocycles. The molecule has 0 saturated heterocycles. The van der Waals surface area contributed by atoms with E-state index in [2.05, 4.69) is 55.4 Å². The van der Waals surface area contributed by atoms with Gasteiger partial charge >= 0.3 is 39.5 Å². The minimum atomic E-state index is -4.95. The van der Waals surface area contributed by atoms with Crippen molar-refractivity contribution in [2.45, 2.75) is 382 Å². The Labute approximate surface area is 562 Å². The van der Waals surface area contributed by atoms with Crippen LogP contribution < -0.4 is 0 Å².